The highest BCUT2D eigenvalue weighted by atomic mass is 16.3. The molecule has 1 atom stereocenters. The first-order valence-corrected chi connectivity index (χ1v) is 5.90. The van der Waals surface area contributed by atoms with Crippen molar-refractivity contribution in [2.45, 2.75) is 53.2 Å². The van der Waals surface area contributed by atoms with Gasteiger partial charge in [-0.3, -0.25) is 0 Å². The molecule has 0 spiro atoms. The van der Waals surface area contributed by atoms with E-state index in [0.717, 1.165) is 19.4 Å². The second-order valence-corrected chi connectivity index (χ2v) is 4.37. The molecule has 0 fully saturated rings. The van der Waals surface area contributed by atoms with Gasteiger partial charge < -0.3 is 9.67 Å². The largest absolute Gasteiger partial charge is 0.391 e. The molecule has 0 radical (unpaired) electrons. The molecule has 1 heterocycles. The summed E-state index contributed by atoms with van der Waals surface area (Å²) in [7, 11) is 0. The molecule has 0 aliphatic carbocycles. The lowest BCUT2D eigenvalue weighted by Gasteiger charge is -2.22. The number of aliphatic hydroxyl groups excluding tert-OH is 1. The molecule has 0 amide bonds. The summed E-state index contributed by atoms with van der Waals surface area (Å²) in [6.07, 6.45) is 1.89. The fraction of sp³-hybridized carbons (Fsp3) is 0.692. The number of aryl methyl sites for hydroxylation is 2. The van der Waals surface area contributed by atoms with Gasteiger partial charge in [-0.15, -0.1) is 0 Å². The van der Waals surface area contributed by atoms with E-state index >= 15 is 0 Å². The van der Waals surface area contributed by atoms with Crippen LogP contribution in [-0.4, -0.2) is 15.8 Å². The fourth-order valence-electron chi connectivity index (χ4n) is 2.16. The number of hydrogen-bond donors (Lipinski definition) is 1. The Morgan fingerprint density at radius 3 is 2.00 bits per heavy atom. The van der Waals surface area contributed by atoms with E-state index in [2.05, 4.69) is 44.4 Å². The summed E-state index contributed by atoms with van der Waals surface area (Å²) in [6.45, 7) is 9.20. The van der Waals surface area contributed by atoms with Gasteiger partial charge in [0, 0.05) is 17.9 Å². The van der Waals surface area contributed by atoms with Gasteiger partial charge in [-0.1, -0.05) is 26.7 Å². The van der Waals surface area contributed by atoms with Crippen LogP contribution in [0.4, 0.5) is 0 Å². The standard InChI is InChI=1S/C13H23NO/c1-5-12(6-2)13(15)9-14-10(3)7-8-11(14)4/h7-8,12-13,15H,5-6,9H2,1-4H3. The highest BCUT2D eigenvalue weighted by Gasteiger charge is 2.16. The smallest absolute Gasteiger partial charge is 0.0747 e. The van der Waals surface area contributed by atoms with Crippen molar-refractivity contribution in [3.05, 3.63) is 23.5 Å². The van der Waals surface area contributed by atoms with E-state index in [1.165, 1.54) is 11.4 Å². The molecule has 1 rings (SSSR count). The summed E-state index contributed by atoms with van der Waals surface area (Å²) in [5, 5.41) is 10.1. The van der Waals surface area contributed by atoms with Gasteiger partial charge in [0.1, 0.15) is 0 Å². The van der Waals surface area contributed by atoms with Gasteiger partial charge in [0.2, 0.25) is 0 Å². The van der Waals surface area contributed by atoms with Crippen LogP contribution in [0, 0.1) is 19.8 Å². The summed E-state index contributed by atoms with van der Waals surface area (Å²) in [4.78, 5) is 0. The summed E-state index contributed by atoms with van der Waals surface area (Å²) < 4.78 is 2.20. The Labute approximate surface area is 92.9 Å². The maximum absolute atomic E-state index is 10.1. The van der Waals surface area contributed by atoms with Crippen LogP contribution in [-0.2, 0) is 6.54 Å². The molecule has 1 aromatic heterocycles. The molecule has 0 saturated carbocycles. The Bertz CT molecular complexity index is 280. The first-order chi connectivity index (χ1) is 7.10. The quantitative estimate of drug-likeness (QED) is 0.792. The number of rotatable bonds is 5. The van der Waals surface area contributed by atoms with E-state index < -0.39 is 0 Å². The van der Waals surface area contributed by atoms with Crippen LogP contribution in [0.1, 0.15) is 38.1 Å². The summed E-state index contributed by atoms with van der Waals surface area (Å²) >= 11 is 0. The van der Waals surface area contributed by atoms with Crippen molar-refractivity contribution in [2.75, 3.05) is 0 Å². The predicted molar refractivity (Wildman–Crippen MR) is 64.0 cm³/mol. The topological polar surface area (TPSA) is 25.2 Å². The van der Waals surface area contributed by atoms with E-state index in [0.29, 0.717) is 5.92 Å². The molecular formula is C13H23NO. The van der Waals surface area contributed by atoms with Crippen LogP contribution in [0.2, 0.25) is 0 Å². The second kappa shape index (κ2) is 5.36. The zero-order valence-electron chi connectivity index (χ0n) is 10.3. The average molecular weight is 209 g/mol. The number of aliphatic hydroxyl groups is 1. The van der Waals surface area contributed by atoms with Gasteiger partial charge in [0.15, 0.2) is 0 Å². The fourth-order valence-corrected chi connectivity index (χ4v) is 2.16. The molecule has 0 aliphatic rings. The lowest BCUT2D eigenvalue weighted by atomic mass is 9.96. The molecule has 0 aliphatic heterocycles. The Balaban J connectivity index is 2.69. The number of hydrogen-bond acceptors (Lipinski definition) is 1. The minimum Gasteiger partial charge on any atom is -0.391 e. The van der Waals surface area contributed by atoms with E-state index in [9.17, 15) is 5.11 Å². The van der Waals surface area contributed by atoms with Crippen molar-refractivity contribution in [1.29, 1.82) is 0 Å². The van der Waals surface area contributed by atoms with Crippen LogP contribution in [0.25, 0.3) is 0 Å². The SMILES string of the molecule is CCC(CC)C(O)Cn1c(C)ccc1C. The molecule has 2 heteroatoms. The Morgan fingerprint density at radius 2 is 1.60 bits per heavy atom. The normalized spacial score (nSPS) is 13.5. The third-order valence-electron chi connectivity index (χ3n) is 3.38. The first-order valence-electron chi connectivity index (χ1n) is 5.90. The molecule has 1 N–H and O–H groups in total. The van der Waals surface area contributed by atoms with Crippen molar-refractivity contribution >= 4 is 0 Å². The van der Waals surface area contributed by atoms with Crippen LogP contribution < -0.4 is 0 Å². The third-order valence-corrected chi connectivity index (χ3v) is 3.38. The highest BCUT2D eigenvalue weighted by molar-refractivity contribution is 5.13. The third kappa shape index (κ3) is 2.85. The van der Waals surface area contributed by atoms with Crippen LogP contribution in [0.3, 0.4) is 0 Å². The minimum atomic E-state index is -0.218. The summed E-state index contributed by atoms with van der Waals surface area (Å²) in [5.74, 6) is 0.422. The molecule has 0 aromatic carbocycles. The van der Waals surface area contributed by atoms with Gasteiger partial charge >= 0.3 is 0 Å². The van der Waals surface area contributed by atoms with E-state index in [1.54, 1.807) is 0 Å². The maximum atomic E-state index is 10.1. The summed E-state index contributed by atoms with van der Waals surface area (Å²) in [6, 6.07) is 4.21. The van der Waals surface area contributed by atoms with Gasteiger partial charge in [0.05, 0.1) is 6.10 Å². The molecule has 86 valence electrons. The monoisotopic (exact) mass is 209 g/mol. The Hall–Kier alpha value is -0.760. The summed E-state index contributed by atoms with van der Waals surface area (Å²) in [5.41, 5.74) is 2.47. The second-order valence-electron chi connectivity index (χ2n) is 4.37. The zero-order valence-corrected chi connectivity index (χ0v) is 10.3. The number of aromatic nitrogens is 1. The first kappa shape index (κ1) is 12.3. The minimum absolute atomic E-state index is 0.218. The number of nitrogens with zero attached hydrogens (tertiary/aromatic N) is 1. The Morgan fingerprint density at radius 1 is 1.13 bits per heavy atom. The van der Waals surface area contributed by atoms with Crippen molar-refractivity contribution < 1.29 is 5.11 Å². The zero-order chi connectivity index (χ0) is 11.4. The van der Waals surface area contributed by atoms with Gasteiger partial charge in [-0.25, -0.2) is 0 Å². The lowest BCUT2D eigenvalue weighted by Crippen LogP contribution is -2.25. The predicted octanol–water partition coefficient (Wildman–Crippen LogP) is 2.90. The van der Waals surface area contributed by atoms with Crippen molar-refractivity contribution in [3.63, 3.8) is 0 Å². The van der Waals surface area contributed by atoms with Crippen LogP contribution in [0.15, 0.2) is 12.1 Å². The maximum Gasteiger partial charge on any atom is 0.0747 e. The molecule has 0 bridgehead atoms. The Kier molecular flexibility index (Phi) is 4.40. The molecular weight excluding hydrogens is 186 g/mol. The van der Waals surface area contributed by atoms with Crippen LogP contribution in [0.5, 0.6) is 0 Å². The van der Waals surface area contributed by atoms with E-state index in [1.807, 2.05) is 0 Å². The van der Waals surface area contributed by atoms with E-state index in [-0.39, 0.29) is 6.10 Å². The molecule has 2 nitrogen and oxygen atoms in total. The van der Waals surface area contributed by atoms with Crippen LogP contribution >= 0.6 is 0 Å². The molecule has 15 heavy (non-hydrogen) atoms. The van der Waals surface area contributed by atoms with Crippen molar-refractivity contribution in [1.82, 2.24) is 4.57 Å². The average Bonchev–Trinajstić information content (AvgIpc) is 2.51. The highest BCUT2D eigenvalue weighted by Crippen LogP contribution is 2.17. The van der Waals surface area contributed by atoms with Gasteiger partial charge in [0.25, 0.3) is 0 Å². The van der Waals surface area contributed by atoms with Crippen molar-refractivity contribution in [3.8, 4) is 0 Å². The molecule has 1 unspecified atom stereocenters. The molecule has 1 aromatic rings. The van der Waals surface area contributed by atoms with E-state index in [4.69, 9.17) is 0 Å². The van der Waals surface area contributed by atoms with Gasteiger partial charge in [-0.2, -0.15) is 0 Å². The van der Waals surface area contributed by atoms with Crippen molar-refractivity contribution in [2.24, 2.45) is 5.92 Å². The molecule has 0 saturated heterocycles. The lowest BCUT2D eigenvalue weighted by molar-refractivity contribution is 0.0847. The van der Waals surface area contributed by atoms with Gasteiger partial charge in [-0.05, 0) is 31.9 Å².